The van der Waals surface area contributed by atoms with Crippen LogP contribution in [0.2, 0.25) is 0 Å². The molecule has 5 heteroatoms. The van der Waals surface area contributed by atoms with Gasteiger partial charge >= 0.3 is 0 Å². The van der Waals surface area contributed by atoms with E-state index < -0.39 is 0 Å². The van der Waals surface area contributed by atoms with Crippen molar-refractivity contribution in [2.75, 3.05) is 45.2 Å². The Morgan fingerprint density at radius 3 is 2.42 bits per heavy atom. The van der Waals surface area contributed by atoms with Crippen molar-refractivity contribution in [3.63, 3.8) is 0 Å². The highest BCUT2D eigenvalue weighted by Gasteiger charge is 2.26. The van der Waals surface area contributed by atoms with E-state index >= 15 is 0 Å². The molecule has 0 radical (unpaired) electrons. The van der Waals surface area contributed by atoms with Crippen LogP contribution in [0.1, 0.15) is 12.5 Å². The largest absolute Gasteiger partial charge is 0.342 e. The molecular formula is C14H23N3OS. The molecule has 0 aromatic carbocycles. The van der Waals surface area contributed by atoms with Crippen LogP contribution < -0.4 is 0 Å². The second-order valence-electron chi connectivity index (χ2n) is 5.06. The quantitative estimate of drug-likeness (QED) is 0.820. The van der Waals surface area contributed by atoms with Crippen LogP contribution in [-0.2, 0) is 4.79 Å². The Balaban J connectivity index is 2.03. The molecule has 1 atom stereocenters. The van der Waals surface area contributed by atoms with Gasteiger partial charge < -0.3 is 14.4 Å². The highest BCUT2D eigenvalue weighted by molar-refractivity contribution is 7.98. The Bertz CT molecular complexity index is 385. The average Bonchev–Trinajstić information content (AvgIpc) is 2.94. The monoisotopic (exact) mass is 281 g/mol. The smallest absolute Gasteiger partial charge is 0.245 e. The number of hydrogen-bond donors (Lipinski definition) is 0. The van der Waals surface area contributed by atoms with Gasteiger partial charge in [0.05, 0.1) is 0 Å². The fraction of sp³-hybridized carbons (Fsp3) is 0.643. The van der Waals surface area contributed by atoms with E-state index in [9.17, 15) is 4.79 Å². The topological polar surface area (TPSA) is 28.5 Å². The first-order valence-corrected chi connectivity index (χ1v) is 8.20. The summed E-state index contributed by atoms with van der Waals surface area (Å²) in [6.45, 7) is 3.66. The summed E-state index contributed by atoms with van der Waals surface area (Å²) in [6, 6.07) is 3.94. The maximum atomic E-state index is 12.7. The minimum Gasteiger partial charge on any atom is -0.342 e. The Labute approximate surface area is 119 Å². The van der Waals surface area contributed by atoms with E-state index in [1.54, 1.807) is 11.8 Å². The zero-order valence-electron chi connectivity index (χ0n) is 11.8. The summed E-state index contributed by atoms with van der Waals surface area (Å²) in [7, 11) is 2.11. The number of rotatable bonds is 5. The minimum absolute atomic E-state index is 0.0362. The van der Waals surface area contributed by atoms with Gasteiger partial charge in [0, 0.05) is 38.6 Å². The van der Waals surface area contributed by atoms with Gasteiger partial charge in [-0.1, -0.05) is 0 Å². The van der Waals surface area contributed by atoms with E-state index in [2.05, 4.69) is 22.8 Å². The van der Waals surface area contributed by atoms with Gasteiger partial charge in [-0.3, -0.25) is 4.79 Å². The van der Waals surface area contributed by atoms with Crippen LogP contribution in [0, 0.1) is 0 Å². The van der Waals surface area contributed by atoms with Crippen molar-refractivity contribution in [3.8, 4) is 0 Å². The van der Waals surface area contributed by atoms with Crippen LogP contribution in [0.3, 0.4) is 0 Å². The first-order chi connectivity index (χ1) is 9.22. The molecule has 19 heavy (non-hydrogen) atoms. The molecule has 1 aliphatic heterocycles. The number of hydrogen-bond acceptors (Lipinski definition) is 3. The molecule has 0 N–H and O–H groups in total. The van der Waals surface area contributed by atoms with E-state index in [-0.39, 0.29) is 11.9 Å². The molecule has 1 aromatic heterocycles. The zero-order valence-corrected chi connectivity index (χ0v) is 12.6. The highest BCUT2D eigenvalue weighted by Crippen LogP contribution is 2.18. The number of carbonyl (C=O) groups is 1. The molecule has 4 nitrogen and oxygen atoms in total. The number of piperazine rings is 1. The van der Waals surface area contributed by atoms with E-state index in [0.29, 0.717) is 0 Å². The summed E-state index contributed by atoms with van der Waals surface area (Å²) in [5, 5.41) is 0. The third-order valence-corrected chi connectivity index (χ3v) is 4.33. The molecule has 1 amide bonds. The maximum Gasteiger partial charge on any atom is 0.245 e. The molecule has 0 spiro atoms. The summed E-state index contributed by atoms with van der Waals surface area (Å²) in [6.07, 6.45) is 6.99. The number of amides is 1. The molecule has 2 rings (SSSR count). The Morgan fingerprint density at radius 1 is 1.21 bits per heavy atom. The number of thioether (sulfide) groups is 1. The molecule has 0 bridgehead atoms. The van der Waals surface area contributed by atoms with Crippen LogP contribution in [0.5, 0.6) is 0 Å². The highest BCUT2D eigenvalue weighted by atomic mass is 32.2. The lowest BCUT2D eigenvalue weighted by molar-refractivity contribution is -0.136. The average molecular weight is 281 g/mol. The summed E-state index contributed by atoms with van der Waals surface area (Å²) in [5.74, 6) is 1.29. The van der Waals surface area contributed by atoms with Gasteiger partial charge in [-0.25, -0.2) is 0 Å². The molecule has 106 valence electrons. The normalized spacial score (nSPS) is 18.5. The van der Waals surface area contributed by atoms with E-state index in [4.69, 9.17) is 0 Å². The number of aromatic nitrogens is 1. The molecule has 2 heterocycles. The van der Waals surface area contributed by atoms with Crippen molar-refractivity contribution in [1.29, 1.82) is 0 Å². The Morgan fingerprint density at radius 2 is 1.84 bits per heavy atom. The van der Waals surface area contributed by atoms with Crippen LogP contribution in [0.15, 0.2) is 24.5 Å². The van der Waals surface area contributed by atoms with Crippen LogP contribution >= 0.6 is 11.8 Å². The van der Waals surface area contributed by atoms with Gasteiger partial charge in [0.1, 0.15) is 6.04 Å². The van der Waals surface area contributed by atoms with Gasteiger partial charge in [0.15, 0.2) is 0 Å². The predicted octanol–water partition coefficient (Wildman–Crippen LogP) is 1.56. The number of likely N-dealkylation sites (N-methyl/N-ethyl adjacent to an activating group) is 1. The molecule has 1 saturated heterocycles. The zero-order chi connectivity index (χ0) is 13.7. The standard InChI is InChI=1S/C14H23N3OS/c1-15-8-10-17(11-9-15)14(18)13(5-12-19-2)16-6-3-4-7-16/h3-4,6-7,13H,5,8-12H2,1-2H3/t13-/m0/s1. The van der Waals surface area contributed by atoms with Crippen molar-refractivity contribution < 1.29 is 4.79 Å². The summed E-state index contributed by atoms with van der Waals surface area (Å²) in [4.78, 5) is 17.0. The maximum absolute atomic E-state index is 12.7. The third kappa shape index (κ3) is 3.76. The molecule has 0 saturated carbocycles. The second-order valence-corrected chi connectivity index (χ2v) is 6.04. The predicted molar refractivity (Wildman–Crippen MR) is 80.5 cm³/mol. The summed E-state index contributed by atoms with van der Waals surface area (Å²) < 4.78 is 2.05. The molecule has 1 fully saturated rings. The first-order valence-electron chi connectivity index (χ1n) is 6.81. The van der Waals surface area contributed by atoms with Gasteiger partial charge in [-0.05, 0) is 37.6 Å². The Kier molecular flexibility index (Phi) is 5.34. The van der Waals surface area contributed by atoms with Crippen molar-refractivity contribution in [2.24, 2.45) is 0 Å². The number of carbonyl (C=O) groups excluding carboxylic acids is 1. The minimum atomic E-state index is -0.0362. The molecule has 1 aromatic rings. The van der Waals surface area contributed by atoms with Crippen molar-refractivity contribution in [3.05, 3.63) is 24.5 Å². The SMILES string of the molecule is CSCC[C@@H](C(=O)N1CCN(C)CC1)n1cccc1. The fourth-order valence-corrected chi connectivity index (χ4v) is 2.88. The van der Waals surface area contributed by atoms with Crippen LogP contribution in [0.25, 0.3) is 0 Å². The lowest BCUT2D eigenvalue weighted by atomic mass is 10.1. The van der Waals surface area contributed by atoms with E-state index in [0.717, 1.165) is 38.4 Å². The summed E-state index contributed by atoms with van der Waals surface area (Å²) in [5.41, 5.74) is 0. The fourth-order valence-electron chi connectivity index (χ4n) is 2.42. The van der Waals surface area contributed by atoms with Gasteiger partial charge in [0.2, 0.25) is 5.91 Å². The van der Waals surface area contributed by atoms with Crippen LogP contribution in [-0.4, -0.2) is 65.5 Å². The first kappa shape index (κ1) is 14.5. The van der Waals surface area contributed by atoms with E-state index in [1.807, 2.05) is 29.4 Å². The van der Waals surface area contributed by atoms with Crippen molar-refractivity contribution >= 4 is 17.7 Å². The Hall–Kier alpha value is -0.940. The molecular weight excluding hydrogens is 258 g/mol. The van der Waals surface area contributed by atoms with Gasteiger partial charge in [-0.2, -0.15) is 11.8 Å². The number of nitrogens with zero attached hydrogens (tertiary/aromatic N) is 3. The van der Waals surface area contributed by atoms with Crippen molar-refractivity contribution in [2.45, 2.75) is 12.5 Å². The van der Waals surface area contributed by atoms with Crippen LogP contribution in [0.4, 0.5) is 0 Å². The molecule has 0 aliphatic carbocycles. The van der Waals surface area contributed by atoms with Crippen molar-refractivity contribution in [1.82, 2.24) is 14.4 Å². The lowest BCUT2D eigenvalue weighted by Gasteiger charge is -2.35. The van der Waals surface area contributed by atoms with Gasteiger partial charge in [-0.15, -0.1) is 0 Å². The molecule has 1 aliphatic rings. The lowest BCUT2D eigenvalue weighted by Crippen LogP contribution is -2.49. The van der Waals surface area contributed by atoms with Gasteiger partial charge in [0.25, 0.3) is 0 Å². The third-order valence-electron chi connectivity index (χ3n) is 3.68. The molecule has 0 unspecified atom stereocenters. The van der Waals surface area contributed by atoms with E-state index in [1.165, 1.54) is 0 Å². The second kappa shape index (κ2) is 7.01. The summed E-state index contributed by atoms with van der Waals surface area (Å²) >= 11 is 1.80.